The number of rotatable bonds is 5. The molecule has 32 heavy (non-hydrogen) atoms. The second kappa shape index (κ2) is 8.95. The van der Waals surface area contributed by atoms with E-state index in [1.165, 1.54) is 39.5 Å². The summed E-state index contributed by atoms with van der Waals surface area (Å²) in [6.07, 6.45) is 1.47. The molecule has 1 unspecified atom stereocenters. The molecule has 2 aliphatic rings. The third-order valence-corrected chi connectivity index (χ3v) is 8.82. The number of anilines is 1. The number of hydrogen-bond donors (Lipinski definition) is 0. The zero-order valence-electron chi connectivity index (χ0n) is 16.9. The van der Waals surface area contributed by atoms with E-state index in [0.717, 1.165) is 5.41 Å². The number of carbonyl (C=O) groups excluding carboxylic acids is 1. The van der Waals surface area contributed by atoms with Gasteiger partial charge in [0.05, 0.1) is 29.9 Å². The quantitative estimate of drug-likeness (QED) is 0.629. The van der Waals surface area contributed by atoms with Gasteiger partial charge in [-0.25, -0.2) is 16.8 Å². The van der Waals surface area contributed by atoms with Crippen molar-refractivity contribution in [2.75, 3.05) is 37.0 Å². The standard InChI is InChI=1S/C21H21ClN2O6S2/c22-17-3-5-18(6-4-17)24(19-9-14-31(26,27)15-19)21(25)16-1-7-20(8-2-16)32(28,29)23-10-12-30-13-11-23/h1-9,14,19H,10-13,15H2. The Morgan fingerprint density at radius 3 is 2.22 bits per heavy atom. The molecule has 0 radical (unpaired) electrons. The summed E-state index contributed by atoms with van der Waals surface area (Å²) >= 11 is 5.96. The van der Waals surface area contributed by atoms with E-state index in [2.05, 4.69) is 0 Å². The molecule has 2 heterocycles. The van der Waals surface area contributed by atoms with Gasteiger partial charge in [-0.2, -0.15) is 4.31 Å². The van der Waals surface area contributed by atoms with Gasteiger partial charge < -0.3 is 9.64 Å². The Bertz CT molecular complexity index is 1240. The zero-order valence-corrected chi connectivity index (χ0v) is 19.3. The second-order valence-electron chi connectivity index (χ2n) is 7.42. The Balaban J connectivity index is 1.64. The minimum absolute atomic E-state index is 0.0809. The number of benzene rings is 2. The van der Waals surface area contributed by atoms with Crippen molar-refractivity contribution in [3.8, 4) is 0 Å². The van der Waals surface area contributed by atoms with Crippen LogP contribution in [0.1, 0.15) is 10.4 Å². The maximum Gasteiger partial charge on any atom is 0.258 e. The normalized spacial score (nSPS) is 20.8. The van der Waals surface area contributed by atoms with Gasteiger partial charge in [0.25, 0.3) is 5.91 Å². The summed E-state index contributed by atoms with van der Waals surface area (Å²) in [7, 11) is -7.10. The molecular formula is C21H21ClN2O6S2. The molecule has 2 aromatic carbocycles. The van der Waals surface area contributed by atoms with Crippen molar-refractivity contribution >= 4 is 43.1 Å². The van der Waals surface area contributed by atoms with E-state index in [1.807, 2.05) is 0 Å². The van der Waals surface area contributed by atoms with Crippen molar-refractivity contribution in [1.82, 2.24) is 4.31 Å². The molecule has 1 amide bonds. The first kappa shape index (κ1) is 22.9. The lowest BCUT2D eigenvalue weighted by Crippen LogP contribution is -2.41. The first-order valence-electron chi connectivity index (χ1n) is 9.85. The van der Waals surface area contributed by atoms with Crippen LogP contribution in [0.4, 0.5) is 5.69 Å². The average Bonchev–Trinajstić information content (AvgIpc) is 3.15. The highest BCUT2D eigenvalue weighted by Gasteiger charge is 2.32. The molecule has 170 valence electrons. The predicted molar refractivity (Wildman–Crippen MR) is 121 cm³/mol. The van der Waals surface area contributed by atoms with Gasteiger partial charge in [-0.1, -0.05) is 11.6 Å². The van der Waals surface area contributed by atoms with Crippen LogP contribution in [0.15, 0.2) is 64.9 Å². The molecule has 1 fully saturated rings. The van der Waals surface area contributed by atoms with Gasteiger partial charge in [-0.15, -0.1) is 0 Å². The maximum absolute atomic E-state index is 13.4. The van der Waals surface area contributed by atoms with E-state index in [1.54, 1.807) is 24.3 Å². The zero-order chi connectivity index (χ0) is 22.9. The topological polar surface area (TPSA) is 101 Å². The predicted octanol–water partition coefficient (Wildman–Crippen LogP) is 2.32. The minimum atomic E-state index is -3.69. The summed E-state index contributed by atoms with van der Waals surface area (Å²) in [5.74, 6) is -0.681. The van der Waals surface area contributed by atoms with Gasteiger partial charge in [0.1, 0.15) is 0 Å². The fourth-order valence-corrected chi connectivity index (χ4v) is 6.43. The van der Waals surface area contributed by atoms with E-state index < -0.39 is 31.8 Å². The number of halogens is 1. The van der Waals surface area contributed by atoms with Crippen LogP contribution in [0.2, 0.25) is 5.02 Å². The van der Waals surface area contributed by atoms with Crippen molar-refractivity contribution in [3.63, 3.8) is 0 Å². The van der Waals surface area contributed by atoms with Crippen LogP contribution in [0.25, 0.3) is 0 Å². The van der Waals surface area contributed by atoms with E-state index in [4.69, 9.17) is 16.3 Å². The molecule has 11 heteroatoms. The number of ether oxygens (including phenoxy) is 1. The molecule has 8 nitrogen and oxygen atoms in total. The van der Waals surface area contributed by atoms with Gasteiger partial charge in [0.15, 0.2) is 9.84 Å². The van der Waals surface area contributed by atoms with Crippen LogP contribution in [0.3, 0.4) is 0 Å². The van der Waals surface area contributed by atoms with Gasteiger partial charge in [0, 0.05) is 34.8 Å². The average molecular weight is 497 g/mol. The Hall–Kier alpha value is -2.24. The number of amides is 1. The van der Waals surface area contributed by atoms with Crippen LogP contribution in [0, 0.1) is 0 Å². The number of hydrogen-bond acceptors (Lipinski definition) is 6. The summed E-state index contributed by atoms with van der Waals surface area (Å²) in [5.41, 5.74) is 0.717. The molecule has 0 spiro atoms. The van der Waals surface area contributed by atoms with Gasteiger partial charge in [-0.3, -0.25) is 4.79 Å². The molecule has 2 aliphatic heterocycles. The van der Waals surface area contributed by atoms with Gasteiger partial charge in [-0.05, 0) is 54.6 Å². The van der Waals surface area contributed by atoms with Crippen molar-refractivity contribution < 1.29 is 26.4 Å². The van der Waals surface area contributed by atoms with Gasteiger partial charge >= 0.3 is 0 Å². The number of sulfonamides is 1. The summed E-state index contributed by atoms with van der Waals surface area (Å²) < 4.78 is 56.1. The molecule has 4 rings (SSSR count). The molecule has 1 atom stereocenters. The number of morpholine rings is 1. The molecule has 0 saturated carbocycles. The van der Waals surface area contributed by atoms with E-state index >= 15 is 0 Å². The Morgan fingerprint density at radius 2 is 1.66 bits per heavy atom. The number of carbonyl (C=O) groups is 1. The van der Waals surface area contributed by atoms with Crippen LogP contribution >= 0.6 is 11.6 Å². The number of sulfone groups is 1. The van der Waals surface area contributed by atoms with Crippen LogP contribution in [-0.2, 0) is 24.6 Å². The first-order chi connectivity index (χ1) is 15.2. The van der Waals surface area contributed by atoms with Crippen molar-refractivity contribution in [2.24, 2.45) is 0 Å². The molecule has 0 aromatic heterocycles. The highest BCUT2D eigenvalue weighted by atomic mass is 35.5. The first-order valence-corrected chi connectivity index (χ1v) is 13.4. The van der Waals surface area contributed by atoms with E-state index in [0.29, 0.717) is 23.9 Å². The second-order valence-corrected chi connectivity index (χ2v) is 11.7. The van der Waals surface area contributed by atoms with E-state index in [9.17, 15) is 21.6 Å². The maximum atomic E-state index is 13.4. The molecular weight excluding hydrogens is 476 g/mol. The largest absolute Gasteiger partial charge is 0.379 e. The summed E-state index contributed by atoms with van der Waals surface area (Å²) in [6.45, 7) is 1.22. The fraction of sp³-hybridized carbons (Fsp3) is 0.286. The van der Waals surface area contributed by atoms with Crippen LogP contribution in [0.5, 0.6) is 0 Å². The minimum Gasteiger partial charge on any atom is -0.379 e. The molecule has 0 bridgehead atoms. The van der Waals surface area contributed by atoms with Crippen molar-refractivity contribution in [2.45, 2.75) is 10.9 Å². The molecule has 2 aromatic rings. The van der Waals surface area contributed by atoms with Crippen LogP contribution in [-0.4, -0.2) is 65.1 Å². The van der Waals surface area contributed by atoms with Gasteiger partial charge in [0.2, 0.25) is 10.0 Å². The highest BCUT2D eigenvalue weighted by molar-refractivity contribution is 7.94. The third-order valence-electron chi connectivity index (χ3n) is 5.28. The molecule has 1 saturated heterocycles. The SMILES string of the molecule is O=C(c1ccc(S(=O)(=O)N2CCOCC2)cc1)N(c1ccc(Cl)cc1)C1C=CS(=O)(=O)C1. The number of nitrogens with zero attached hydrogens (tertiary/aromatic N) is 2. The fourth-order valence-electron chi connectivity index (χ4n) is 3.63. The lowest BCUT2D eigenvalue weighted by Gasteiger charge is -2.28. The van der Waals surface area contributed by atoms with E-state index in [-0.39, 0.29) is 29.3 Å². The smallest absolute Gasteiger partial charge is 0.258 e. The summed E-state index contributed by atoms with van der Waals surface area (Å²) in [6, 6.07) is 11.5. The lowest BCUT2D eigenvalue weighted by molar-refractivity contribution is 0.0730. The Kier molecular flexibility index (Phi) is 6.42. The molecule has 0 aliphatic carbocycles. The lowest BCUT2D eigenvalue weighted by atomic mass is 10.1. The highest BCUT2D eigenvalue weighted by Crippen LogP contribution is 2.27. The Morgan fingerprint density at radius 1 is 1.03 bits per heavy atom. The Labute approximate surface area is 192 Å². The summed E-state index contributed by atoms with van der Waals surface area (Å²) in [5, 5.41) is 1.58. The monoisotopic (exact) mass is 496 g/mol. The van der Waals surface area contributed by atoms with Crippen molar-refractivity contribution in [1.29, 1.82) is 0 Å². The van der Waals surface area contributed by atoms with Crippen molar-refractivity contribution in [3.05, 3.63) is 70.6 Å². The molecule has 0 N–H and O–H groups in total. The van der Waals surface area contributed by atoms with Crippen LogP contribution < -0.4 is 4.90 Å². The third kappa shape index (κ3) is 4.74. The summed E-state index contributed by atoms with van der Waals surface area (Å²) in [4.78, 5) is 14.8.